The first-order valence-electron chi connectivity index (χ1n) is 8.30. The van der Waals surface area contributed by atoms with Crippen LogP contribution in [0.3, 0.4) is 0 Å². The summed E-state index contributed by atoms with van der Waals surface area (Å²) in [5.41, 5.74) is 1.43. The predicted molar refractivity (Wildman–Crippen MR) is 95.6 cm³/mol. The summed E-state index contributed by atoms with van der Waals surface area (Å²) >= 11 is 0. The number of ether oxygens (including phenoxy) is 1. The van der Waals surface area contributed by atoms with Gasteiger partial charge < -0.3 is 15.4 Å². The van der Waals surface area contributed by atoms with Crippen LogP contribution in [0.15, 0.2) is 42.5 Å². The third-order valence-electron chi connectivity index (χ3n) is 4.37. The minimum absolute atomic E-state index is 0.281. The average Bonchev–Trinajstić information content (AvgIpc) is 2.88. The van der Waals surface area contributed by atoms with Crippen molar-refractivity contribution in [3.8, 4) is 5.75 Å². The quantitative estimate of drug-likeness (QED) is 0.805. The highest BCUT2D eigenvalue weighted by molar-refractivity contribution is 6.22. The summed E-state index contributed by atoms with van der Waals surface area (Å²) in [6.07, 6.45) is -0.591. The van der Waals surface area contributed by atoms with Crippen LogP contribution >= 0.6 is 0 Å². The second-order valence-electron chi connectivity index (χ2n) is 6.25. The van der Waals surface area contributed by atoms with Crippen LogP contribution in [-0.4, -0.2) is 41.2 Å². The minimum Gasteiger partial charge on any atom is -0.479 e. The molecule has 0 saturated heterocycles. The van der Waals surface area contributed by atoms with E-state index in [1.54, 1.807) is 49.4 Å². The Morgan fingerprint density at radius 3 is 2.44 bits per heavy atom. The standard InChI is InChI=1S/C19H15N3O5/c1-10-17(24)21-14-8-11(6-7-15(14)27-10)20-16(23)9-22-18(25)12-4-2-3-5-13(12)19(22)26/h2-8,10H,9H2,1H3,(H,20,23)(H,21,24)/t10-/m1/s1. The molecule has 0 aromatic heterocycles. The molecule has 1 atom stereocenters. The molecule has 8 heteroatoms. The van der Waals surface area contributed by atoms with Gasteiger partial charge in [-0.1, -0.05) is 12.1 Å². The molecule has 136 valence electrons. The van der Waals surface area contributed by atoms with Gasteiger partial charge >= 0.3 is 0 Å². The van der Waals surface area contributed by atoms with Crippen molar-refractivity contribution >= 4 is 35.0 Å². The number of carbonyl (C=O) groups excluding carboxylic acids is 4. The average molecular weight is 365 g/mol. The number of amides is 4. The Bertz CT molecular complexity index is 966. The lowest BCUT2D eigenvalue weighted by Crippen LogP contribution is -2.37. The van der Waals surface area contributed by atoms with Crippen LogP contribution in [0.4, 0.5) is 11.4 Å². The molecule has 2 heterocycles. The van der Waals surface area contributed by atoms with Crippen molar-refractivity contribution in [1.29, 1.82) is 0 Å². The van der Waals surface area contributed by atoms with E-state index in [0.717, 1.165) is 4.90 Å². The minimum atomic E-state index is -0.591. The normalized spacial score (nSPS) is 17.7. The molecule has 0 aliphatic carbocycles. The molecule has 27 heavy (non-hydrogen) atoms. The topological polar surface area (TPSA) is 105 Å². The molecule has 2 aromatic carbocycles. The smallest absolute Gasteiger partial charge is 0.265 e. The summed E-state index contributed by atoms with van der Waals surface area (Å²) in [6, 6.07) is 11.2. The number of imide groups is 1. The van der Waals surface area contributed by atoms with Crippen molar-refractivity contribution in [2.45, 2.75) is 13.0 Å². The SMILES string of the molecule is C[C@H]1Oc2ccc(NC(=O)CN3C(=O)c4ccccc4C3=O)cc2NC1=O. The third kappa shape index (κ3) is 2.91. The first-order chi connectivity index (χ1) is 12.9. The van der Waals surface area contributed by atoms with Crippen molar-refractivity contribution in [2.24, 2.45) is 0 Å². The van der Waals surface area contributed by atoms with Crippen molar-refractivity contribution in [1.82, 2.24) is 4.90 Å². The molecule has 2 aliphatic heterocycles. The summed E-state index contributed by atoms with van der Waals surface area (Å²) in [4.78, 5) is 49.6. The van der Waals surface area contributed by atoms with Crippen molar-refractivity contribution in [3.05, 3.63) is 53.6 Å². The Morgan fingerprint density at radius 1 is 1.11 bits per heavy atom. The fourth-order valence-corrected chi connectivity index (χ4v) is 3.01. The Balaban J connectivity index is 1.47. The highest BCUT2D eigenvalue weighted by Crippen LogP contribution is 2.32. The molecule has 4 rings (SSSR count). The van der Waals surface area contributed by atoms with E-state index in [9.17, 15) is 19.2 Å². The van der Waals surface area contributed by atoms with Gasteiger partial charge in [0.05, 0.1) is 16.8 Å². The van der Waals surface area contributed by atoms with Crippen molar-refractivity contribution in [3.63, 3.8) is 0 Å². The summed E-state index contributed by atoms with van der Waals surface area (Å²) in [5, 5.41) is 5.31. The molecule has 2 N–H and O–H groups in total. The Morgan fingerprint density at radius 2 is 1.78 bits per heavy atom. The predicted octanol–water partition coefficient (Wildman–Crippen LogP) is 1.64. The summed E-state index contributed by atoms with van der Waals surface area (Å²) in [5.74, 6) is -1.30. The van der Waals surface area contributed by atoms with Gasteiger partial charge in [-0.15, -0.1) is 0 Å². The van der Waals surface area contributed by atoms with Gasteiger partial charge in [0.25, 0.3) is 17.7 Å². The van der Waals surface area contributed by atoms with E-state index in [1.165, 1.54) is 0 Å². The van der Waals surface area contributed by atoms with E-state index in [4.69, 9.17) is 4.74 Å². The van der Waals surface area contributed by atoms with E-state index in [1.807, 2.05) is 0 Å². The molecule has 0 unspecified atom stereocenters. The molecule has 0 spiro atoms. The molecule has 0 bridgehead atoms. The van der Waals surface area contributed by atoms with Crippen LogP contribution in [0, 0.1) is 0 Å². The lowest BCUT2D eigenvalue weighted by molar-refractivity contribution is -0.122. The van der Waals surface area contributed by atoms with Gasteiger partial charge in [0.15, 0.2) is 6.10 Å². The van der Waals surface area contributed by atoms with Gasteiger partial charge in [-0.05, 0) is 37.3 Å². The number of benzene rings is 2. The zero-order chi connectivity index (χ0) is 19.1. The van der Waals surface area contributed by atoms with E-state index >= 15 is 0 Å². The molecule has 0 fully saturated rings. The highest BCUT2D eigenvalue weighted by atomic mass is 16.5. The number of hydrogen-bond donors (Lipinski definition) is 2. The molecule has 2 aromatic rings. The zero-order valence-corrected chi connectivity index (χ0v) is 14.3. The van der Waals surface area contributed by atoms with Gasteiger partial charge in [0.2, 0.25) is 5.91 Å². The number of fused-ring (bicyclic) bond motifs is 2. The van der Waals surface area contributed by atoms with Crippen LogP contribution in [0.25, 0.3) is 0 Å². The van der Waals surface area contributed by atoms with Crippen LogP contribution in [0.5, 0.6) is 5.75 Å². The maximum atomic E-state index is 12.3. The number of anilines is 2. The fourth-order valence-electron chi connectivity index (χ4n) is 3.01. The lowest BCUT2D eigenvalue weighted by Gasteiger charge is -2.23. The lowest BCUT2D eigenvalue weighted by atomic mass is 10.1. The number of carbonyl (C=O) groups is 4. The number of hydrogen-bond acceptors (Lipinski definition) is 5. The van der Waals surface area contributed by atoms with E-state index in [-0.39, 0.29) is 17.0 Å². The second kappa shape index (κ2) is 6.24. The molecule has 4 amide bonds. The fraction of sp³-hybridized carbons (Fsp3) is 0.158. The van der Waals surface area contributed by atoms with Gasteiger partial charge in [0.1, 0.15) is 12.3 Å². The summed E-state index contributed by atoms with van der Waals surface area (Å²) in [6.45, 7) is 1.24. The molecule has 2 aliphatic rings. The first-order valence-corrected chi connectivity index (χ1v) is 8.30. The summed E-state index contributed by atoms with van der Waals surface area (Å²) < 4.78 is 5.45. The largest absolute Gasteiger partial charge is 0.479 e. The second-order valence-corrected chi connectivity index (χ2v) is 6.25. The van der Waals surface area contributed by atoms with Gasteiger partial charge in [-0.3, -0.25) is 24.1 Å². The zero-order valence-electron chi connectivity index (χ0n) is 14.3. The van der Waals surface area contributed by atoms with Crippen LogP contribution in [0.1, 0.15) is 27.6 Å². The Kier molecular flexibility index (Phi) is 3.88. The van der Waals surface area contributed by atoms with Crippen LogP contribution < -0.4 is 15.4 Å². The van der Waals surface area contributed by atoms with Gasteiger partial charge in [0, 0.05) is 5.69 Å². The number of nitrogens with zero attached hydrogens (tertiary/aromatic N) is 1. The molecule has 0 radical (unpaired) electrons. The Labute approximate surface area is 154 Å². The van der Waals surface area contributed by atoms with Gasteiger partial charge in [-0.2, -0.15) is 0 Å². The first kappa shape index (κ1) is 16.8. The highest BCUT2D eigenvalue weighted by Gasteiger charge is 2.36. The number of rotatable bonds is 3. The van der Waals surface area contributed by atoms with E-state index < -0.39 is 30.4 Å². The molecule has 8 nitrogen and oxygen atoms in total. The summed E-state index contributed by atoms with van der Waals surface area (Å²) in [7, 11) is 0. The Hall–Kier alpha value is -3.68. The molecular formula is C19H15N3O5. The maximum absolute atomic E-state index is 12.3. The number of nitrogens with one attached hydrogen (secondary N) is 2. The maximum Gasteiger partial charge on any atom is 0.265 e. The monoisotopic (exact) mass is 365 g/mol. The van der Waals surface area contributed by atoms with Crippen molar-refractivity contribution < 1.29 is 23.9 Å². The van der Waals surface area contributed by atoms with Crippen molar-refractivity contribution in [2.75, 3.05) is 17.2 Å². The van der Waals surface area contributed by atoms with Gasteiger partial charge in [-0.25, -0.2) is 0 Å². The molecular weight excluding hydrogens is 350 g/mol. The van der Waals surface area contributed by atoms with E-state index in [0.29, 0.717) is 17.1 Å². The van der Waals surface area contributed by atoms with E-state index in [2.05, 4.69) is 10.6 Å². The molecule has 0 saturated carbocycles. The van der Waals surface area contributed by atoms with Crippen LogP contribution in [0.2, 0.25) is 0 Å². The third-order valence-corrected chi connectivity index (χ3v) is 4.37. The van der Waals surface area contributed by atoms with Crippen LogP contribution in [-0.2, 0) is 9.59 Å².